The summed E-state index contributed by atoms with van der Waals surface area (Å²) < 4.78 is 4.39. The molecule has 0 radical (unpaired) electrons. The lowest BCUT2D eigenvalue weighted by atomic mass is 10.2. The molecule has 0 saturated heterocycles. The van der Waals surface area contributed by atoms with Crippen LogP contribution in [0.5, 0.6) is 0 Å². The fraction of sp³-hybridized carbons (Fsp3) is 0.240. The summed E-state index contributed by atoms with van der Waals surface area (Å²) in [5, 5.41) is 12.0. The van der Waals surface area contributed by atoms with E-state index in [0.29, 0.717) is 16.6 Å². The fourth-order valence-corrected chi connectivity index (χ4v) is 5.34. The number of rotatable bonds is 5. The van der Waals surface area contributed by atoms with Gasteiger partial charge < -0.3 is 9.13 Å². The number of fused-ring (bicyclic) bond motifs is 1. The first-order valence-electron chi connectivity index (χ1n) is 11.0. The highest BCUT2D eigenvalue weighted by molar-refractivity contribution is 8.93. The Morgan fingerprint density at radius 2 is 1.79 bits per heavy atom. The van der Waals surface area contributed by atoms with Crippen LogP contribution in [0.2, 0.25) is 10.0 Å². The van der Waals surface area contributed by atoms with Gasteiger partial charge in [0.2, 0.25) is 0 Å². The van der Waals surface area contributed by atoms with E-state index >= 15 is 0 Å². The number of nitrogens with zero attached hydrogens (tertiary/aromatic N) is 5. The SMILES string of the molecule is Br.C=CCn1c(-c2ccc(Cl)c(Cl)c2)csc1=Nc1ccc(-c2nnc3n2CCCCC3)cc1. The second-order valence-corrected chi connectivity index (χ2v) is 9.64. The first-order valence-corrected chi connectivity index (χ1v) is 12.6. The fourth-order valence-electron chi connectivity index (χ4n) is 4.10. The molecule has 0 bridgehead atoms. The lowest BCUT2D eigenvalue weighted by Gasteiger charge is -2.08. The molecule has 0 amide bonds. The maximum Gasteiger partial charge on any atom is 0.190 e. The Kier molecular flexibility index (Phi) is 8.09. The monoisotopic (exact) mass is 575 g/mol. The van der Waals surface area contributed by atoms with Gasteiger partial charge in [-0.05, 0) is 49.2 Å². The van der Waals surface area contributed by atoms with Crippen molar-refractivity contribution in [2.24, 2.45) is 4.99 Å². The summed E-state index contributed by atoms with van der Waals surface area (Å²) in [6.07, 6.45) is 6.48. The van der Waals surface area contributed by atoms with Crippen LogP contribution in [0.3, 0.4) is 0 Å². The molecule has 4 aromatic rings. The van der Waals surface area contributed by atoms with Gasteiger partial charge >= 0.3 is 0 Å². The van der Waals surface area contributed by atoms with Crippen LogP contribution in [0.4, 0.5) is 5.69 Å². The number of hydrogen-bond donors (Lipinski definition) is 0. The first-order chi connectivity index (χ1) is 16.1. The van der Waals surface area contributed by atoms with E-state index in [0.717, 1.165) is 51.9 Å². The second kappa shape index (κ2) is 11.0. The molecular formula is C25H24BrCl2N5S. The van der Waals surface area contributed by atoms with Gasteiger partial charge in [-0.25, -0.2) is 4.99 Å². The van der Waals surface area contributed by atoms with E-state index in [9.17, 15) is 0 Å². The van der Waals surface area contributed by atoms with E-state index in [1.807, 2.05) is 36.4 Å². The molecule has 0 atom stereocenters. The predicted molar refractivity (Wildman–Crippen MR) is 147 cm³/mol. The van der Waals surface area contributed by atoms with Crippen LogP contribution in [0.15, 0.2) is 65.5 Å². The normalized spacial score (nSPS) is 13.8. The largest absolute Gasteiger partial charge is 0.313 e. The van der Waals surface area contributed by atoms with E-state index in [1.165, 1.54) is 19.3 Å². The van der Waals surface area contributed by atoms with E-state index in [2.05, 4.69) is 43.4 Å². The average molecular weight is 577 g/mol. The summed E-state index contributed by atoms with van der Waals surface area (Å²) in [6, 6.07) is 13.9. The molecular weight excluding hydrogens is 553 g/mol. The maximum absolute atomic E-state index is 6.25. The third-order valence-corrected chi connectivity index (χ3v) is 7.39. The summed E-state index contributed by atoms with van der Waals surface area (Å²) >= 11 is 13.9. The number of hydrogen-bond acceptors (Lipinski definition) is 4. The van der Waals surface area contributed by atoms with Crippen LogP contribution in [0.1, 0.15) is 25.1 Å². The molecule has 2 aromatic carbocycles. The highest BCUT2D eigenvalue weighted by Gasteiger charge is 2.16. The van der Waals surface area contributed by atoms with Gasteiger partial charge in [-0.3, -0.25) is 0 Å². The number of halogens is 3. The Bertz CT molecular complexity index is 1370. The molecule has 0 N–H and O–H groups in total. The molecule has 9 heteroatoms. The lowest BCUT2D eigenvalue weighted by Crippen LogP contribution is -2.14. The third-order valence-electron chi connectivity index (χ3n) is 5.78. The maximum atomic E-state index is 6.25. The summed E-state index contributed by atoms with van der Waals surface area (Å²) in [7, 11) is 0. The van der Waals surface area contributed by atoms with Gasteiger partial charge in [-0.15, -0.1) is 45.1 Å². The summed E-state index contributed by atoms with van der Waals surface area (Å²) in [4.78, 5) is 5.79. The van der Waals surface area contributed by atoms with Crippen molar-refractivity contribution in [3.63, 3.8) is 0 Å². The summed E-state index contributed by atoms with van der Waals surface area (Å²) in [5.41, 5.74) is 3.97. The minimum atomic E-state index is 0. The number of allylic oxidation sites excluding steroid dienone is 1. The standard InChI is InChI=1S/C25H23Cl2N5S.BrH/c1-2-13-31-22(18-9-12-20(26)21(27)15-18)16-33-25(31)28-19-10-7-17(8-11-19)24-30-29-23-6-4-3-5-14-32(23)24;/h2,7-12,15-16H,1,3-6,13-14H2;1H. The van der Waals surface area contributed by atoms with Crippen molar-refractivity contribution >= 4 is 57.2 Å². The smallest absolute Gasteiger partial charge is 0.190 e. The zero-order chi connectivity index (χ0) is 22.8. The molecule has 0 unspecified atom stereocenters. The van der Waals surface area contributed by atoms with Gasteiger partial charge in [0, 0.05) is 36.0 Å². The van der Waals surface area contributed by atoms with Crippen molar-refractivity contribution in [1.29, 1.82) is 0 Å². The molecule has 0 spiro atoms. The van der Waals surface area contributed by atoms with Crippen molar-refractivity contribution in [1.82, 2.24) is 19.3 Å². The van der Waals surface area contributed by atoms with Gasteiger partial charge in [-0.1, -0.05) is 41.8 Å². The van der Waals surface area contributed by atoms with Crippen molar-refractivity contribution in [3.8, 4) is 22.6 Å². The predicted octanol–water partition coefficient (Wildman–Crippen LogP) is 7.50. The minimum Gasteiger partial charge on any atom is -0.313 e. The van der Waals surface area contributed by atoms with Gasteiger partial charge in [0.25, 0.3) is 0 Å². The third kappa shape index (κ3) is 5.08. The van der Waals surface area contributed by atoms with Crippen molar-refractivity contribution < 1.29 is 0 Å². The van der Waals surface area contributed by atoms with E-state index in [-0.39, 0.29) is 17.0 Å². The van der Waals surface area contributed by atoms with E-state index in [4.69, 9.17) is 28.2 Å². The molecule has 176 valence electrons. The van der Waals surface area contributed by atoms with Crippen LogP contribution in [-0.4, -0.2) is 19.3 Å². The number of thiazole rings is 1. The highest BCUT2D eigenvalue weighted by atomic mass is 79.9. The molecule has 34 heavy (non-hydrogen) atoms. The molecule has 1 aliphatic heterocycles. The number of aromatic nitrogens is 4. The van der Waals surface area contributed by atoms with Crippen LogP contribution in [0, 0.1) is 0 Å². The number of benzene rings is 2. The topological polar surface area (TPSA) is 48.0 Å². The summed E-state index contributed by atoms with van der Waals surface area (Å²) in [5.74, 6) is 2.04. The Morgan fingerprint density at radius 1 is 1.00 bits per heavy atom. The van der Waals surface area contributed by atoms with Gasteiger partial charge in [0.05, 0.1) is 21.4 Å². The molecule has 2 aromatic heterocycles. The van der Waals surface area contributed by atoms with Crippen molar-refractivity contribution in [2.45, 2.75) is 38.8 Å². The van der Waals surface area contributed by atoms with Gasteiger partial charge in [-0.2, -0.15) is 0 Å². The number of aryl methyl sites for hydroxylation is 1. The second-order valence-electron chi connectivity index (χ2n) is 7.99. The van der Waals surface area contributed by atoms with Crippen molar-refractivity contribution in [2.75, 3.05) is 0 Å². The van der Waals surface area contributed by atoms with Crippen molar-refractivity contribution in [3.05, 3.63) is 81.2 Å². The minimum absolute atomic E-state index is 0. The molecule has 1 aliphatic rings. The molecule has 5 nitrogen and oxygen atoms in total. The van der Waals surface area contributed by atoms with Crippen LogP contribution >= 0.6 is 51.5 Å². The van der Waals surface area contributed by atoms with Gasteiger partial charge in [0.1, 0.15) is 5.82 Å². The lowest BCUT2D eigenvalue weighted by molar-refractivity contribution is 0.636. The molecule has 5 rings (SSSR count). The zero-order valence-corrected chi connectivity index (χ0v) is 22.5. The summed E-state index contributed by atoms with van der Waals surface area (Å²) in [6.45, 7) is 5.54. The average Bonchev–Trinajstić information content (AvgIpc) is 3.32. The van der Waals surface area contributed by atoms with Gasteiger partial charge in [0.15, 0.2) is 10.6 Å². The molecule has 0 aliphatic carbocycles. The zero-order valence-electron chi connectivity index (χ0n) is 18.5. The molecule has 0 fully saturated rings. The highest BCUT2D eigenvalue weighted by Crippen LogP contribution is 2.29. The quantitative estimate of drug-likeness (QED) is 0.231. The van der Waals surface area contributed by atoms with Crippen LogP contribution in [-0.2, 0) is 19.5 Å². The Morgan fingerprint density at radius 3 is 2.56 bits per heavy atom. The van der Waals surface area contributed by atoms with E-state index in [1.54, 1.807) is 11.3 Å². The molecule has 0 saturated carbocycles. The van der Waals surface area contributed by atoms with Crippen LogP contribution in [0.25, 0.3) is 22.6 Å². The van der Waals surface area contributed by atoms with E-state index < -0.39 is 0 Å². The Labute approximate surface area is 223 Å². The Balaban J connectivity index is 0.00000274. The van der Waals surface area contributed by atoms with Crippen LogP contribution < -0.4 is 4.80 Å². The molecule has 3 heterocycles. The first kappa shape index (κ1) is 24.9. The Hall–Kier alpha value is -2.19.